The van der Waals surface area contributed by atoms with Gasteiger partial charge in [-0.05, 0) is 214 Å². The van der Waals surface area contributed by atoms with Crippen LogP contribution < -0.4 is 4.74 Å². The third kappa shape index (κ3) is 35.1. The molecule has 0 aromatic heterocycles. The molecular formula is C77H95F5O. The first-order chi connectivity index (χ1) is 38.8. The van der Waals surface area contributed by atoms with Crippen molar-refractivity contribution in [2.24, 2.45) is 0 Å². The number of ether oxygens (including phenoxy) is 1. The van der Waals surface area contributed by atoms with Gasteiger partial charge in [-0.2, -0.15) is 0 Å². The highest BCUT2D eigenvalue weighted by molar-refractivity contribution is 5.32. The molecule has 0 radical (unpaired) electrons. The third-order valence-corrected chi connectivity index (χ3v) is 12.8. The van der Waals surface area contributed by atoms with Gasteiger partial charge in [0.1, 0.15) is 17.4 Å². The van der Waals surface area contributed by atoms with Crippen LogP contribution in [0.25, 0.3) is 0 Å². The van der Waals surface area contributed by atoms with E-state index in [1.54, 1.807) is 32.0 Å². The Labute approximate surface area is 498 Å². The van der Waals surface area contributed by atoms with Gasteiger partial charge < -0.3 is 4.74 Å². The maximum absolute atomic E-state index is 12.5. The third-order valence-electron chi connectivity index (χ3n) is 12.8. The molecule has 0 aliphatic heterocycles. The minimum Gasteiger partial charge on any atom is -0.406 e. The monoisotopic (exact) mass is 1130 g/mol. The zero-order chi connectivity index (χ0) is 62.9. The van der Waals surface area contributed by atoms with Gasteiger partial charge in [0, 0.05) is 0 Å². The van der Waals surface area contributed by atoms with Gasteiger partial charge in [0.05, 0.1) is 0 Å². The second kappa shape index (κ2) is 38.3. The van der Waals surface area contributed by atoms with E-state index in [2.05, 4.69) is 249 Å². The van der Waals surface area contributed by atoms with Crippen LogP contribution in [0, 0.1) is 122 Å². The maximum Gasteiger partial charge on any atom is 0.573 e. The van der Waals surface area contributed by atoms with Gasteiger partial charge in [0.15, 0.2) is 0 Å². The molecule has 444 valence electrons. The summed E-state index contributed by atoms with van der Waals surface area (Å²) >= 11 is 0. The minimum absolute atomic E-state index is 0.124. The van der Waals surface area contributed by atoms with Crippen molar-refractivity contribution in [3.05, 3.63) is 312 Å². The van der Waals surface area contributed by atoms with Crippen molar-refractivity contribution >= 4 is 0 Å². The first-order valence-corrected chi connectivity index (χ1v) is 28.3. The second-order valence-electron chi connectivity index (χ2n) is 22.3. The summed E-state index contributed by atoms with van der Waals surface area (Å²) in [5.74, 6) is -0.465. The zero-order valence-corrected chi connectivity index (χ0v) is 53.6. The van der Waals surface area contributed by atoms with E-state index < -0.39 is 6.36 Å². The SMILES string of the molecule is CCc1cccc(C)c1.Cc1ccc(C)c(C)c1.Cc1ccc(C)c(C)c1.Cc1ccc(F)c(C)c1.Cc1cccc(C(C)(C)C)c1.Cc1cccc(C)c1.Cc1cccc(F)c1.Cc1cccc(OC(F)(F)F)c1.Cc1ccccc1C. The molecule has 0 unspecified atom stereocenters. The molecule has 9 aromatic rings. The molecule has 0 spiro atoms. The van der Waals surface area contributed by atoms with E-state index in [9.17, 15) is 22.0 Å². The summed E-state index contributed by atoms with van der Waals surface area (Å²) in [4.78, 5) is 0. The molecule has 0 bridgehead atoms. The normalized spacial score (nSPS) is 10.0. The molecule has 9 aromatic carbocycles. The van der Waals surface area contributed by atoms with Gasteiger partial charge >= 0.3 is 6.36 Å². The highest BCUT2D eigenvalue weighted by Crippen LogP contribution is 2.24. The fourth-order valence-corrected chi connectivity index (χ4v) is 7.51. The molecule has 0 atom stereocenters. The molecule has 83 heavy (non-hydrogen) atoms. The lowest BCUT2D eigenvalue weighted by Gasteiger charge is -2.19. The topological polar surface area (TPSA) is 9.23 Å². The summed E-state index contributed by atoms with van der Waals surface area (Å²) in [6.07, 6.45) is -3.46. The quantitative estimate of drug-likeness (QED) is 0.157. The van der Waals surface area contributed by atoms with E-state index >= 15 is 0 Å². The van der Waals surface area contributed by atoms with Gasteiger partial charge in [-0.3, -0.25) is 0 Å². The Kier molecular flexibility index (Phi) is 33.8. The van der Waals surface area contributed by atoms with Crippen molar-refractivity contribution in [1.29, 1.82) is 0 Å². The Bertz CT molecular complexity index is 3050. The van der Waals surface area contributed by atoms with E-state index in [0.717, 1.165) is 28.7 Å². The van der Waals surface area contributed by atoms with E-state index in [1.165, 1.54) is 114 Å². The summed E-state index contributed by atoms with van der Waals surface area (Å²) in [6, 6.07) is 64.5. The molecule has 1 nitrogen and oxygen atoms in total. The predicted molar refractivity (Wildman–Crippen MR) is 348 cm³/mol. The number of hydrogen-bond acceptors (Lipinski definition) is 1. The van der Waals surface area contributed by atoms with Crippen LogP contribution in [0.1, 0.15) is 128 Å². The molecule has 0 fully saturated rings. The lowest BCUT2D eigenvalue weighted by Crippen LogP contribution is -2.17. The van der Waals surface area contributed by atoms with Crippen molar-refractivity contribution in [3.8, 4) is 5.75 Å². The first kappa shape index (κ1) is 73.4. The highest BCUT2D eigenvalue weighted by atomic mass is 19.4. The molecule has 0 amide bonds. The minimum atomic E-state index is -4.60. The van der Waals surface area contributed by atoms with Gasteiger partial charge in [-0.15, -0.1) is 13.2 Å². The van der Waals surface area contributed by atoms with E-state index in [-0.39, 0.29) is 22.8 Å². The van der Waals surface area contributed by atoms with Crippen LogP contribution in [0.4, 0.5) is 22.0 Å². The second-order valence-corrected chi connectivity index (χ2v) is 22.3. The molecule has 6 heteroatoms. The highest BCUT2D eigenvalue weighted by Gasteiger charge is 2.31. The van der Waals surface area contributed by atoms with Crippen LogP contribution in [0.15, 0.2) is 200 Å². The molecule has 0 saturated carbocycles. The predicted octanol–water partition coefficient (Wildman–Crippen LogP) is 23.2. The largest absolute Gasteiger partial charge is 0.573 e. The smallest absolute Gasteiger partial charge is 0.406 e. The summed E-state index contributed by atoms with van der Waals surface area (Å²) in [5, 5.41) is 0. The fraction of sp³-hybridized carbons (Fsp3) is 0.299. The van der Waals surface area contributed by atoms with Gasteiger partial charge in [0.2, 0.25) is 0 Å². The molecule has 0 N–H and O–H groups in total. The molecule has 0 saturated heterocycles. The summed E-state index contributed by atoms with van der Waals surface area (Å²) in [5.41, 5.74) is 23.0. The maximum atomic E-state index is 12.5. The standard InChI is InChI=1S/C11H16.3C9H12.C8H7F3O.C8H9F.2C8H10.C7H7F/c1-9-6-5-7-10(8-9)11(2,3)4;2*1-7-4-5-8(2)9(3)6-7;1-3-9-6-4-5-8(2)7-9;1-6-3-2-4-7(5-6)12-8(9,10)11;1-6-3-4-8(9)7(2)5-6;1-7-4-3-5-8(2)6-7;1-7-5-3-4-6-8(7)2;1-6-3-2-4-7(8)5-6/h5-8H,1-4H3;2*4-6H,1-3H3;4-7H,3H2,1-2H3;2-5H,1H3;3-5H,1-2H3;2*3-6H,1-2H3;2-5H,1H3. The number of benzene rings is 9. The van der Waals surface area contributed by atoms with Crippen LogP contribution >= 0.6 is 0 Å². The number of alkyl halides is 3. The van der Waals surface area contributed by atoms with Crippen molar-refractivity contribution in [2.75, 3.05) is 0 Å². The van der Waals surface area contributed by atoms with Crippen LogP contribution in [-0.2, 0) is 11.8 Å². The summed E-state index contributed by atoms with van der Waals surface area (Å²) < 4.78 is 63.3. The number of hydrogen-bond donors (Lipinski definition) is 0. The average Bonchev–Trinajstić information content (AvgIpc) is 3.42. The van der Waals surface area contributed by atoms with Crippen molar-refractivity contribution in [2.45, 2.75) is 157 Å². The Morgan fingerprint density at radius 3 is 0.964 bits per heavy atom. The number of halogens is 5. The molecule has 9 rings (SSSR count). The Hall–Kier alpha value is -7.57. The molecule has 0 aliphatic carbocycles. The molecule has 0 heterocycles. The van der Waals surface area contributed by atoms with Crippen molar-refractivity contribution in [3.63, 3.8) is 0 Å². The number of aryl methyl sites for hydroxylation is 17. The van der Waals surface area contributed by atoms with E-state index in [0.29, 0.717) is 0 Å². The average molecular weight is 1130 g/mol. The van der Waals surface area contributed by atoms with Crippen LogP contribution in [-0.4, -0.2) is 6.36 Å². The van der Waals surface area contributed by atoms with Crippen LogP contribution in [0.5, 0.6) is 5.75 Å². The summed E-state index contributed by atoms with van der Waals surface area (Å²) in [7, 11) is 0. The number of rotatable bonds is 2. The molecule has 0 aliphatic rings. The lowest BCUT2D eigenvalue weighted by molar-refractivity contribution is -0.274. The van der Waals surface area contributed by atoms with Crippen molar-refractivity contribution < 1.29 is 26.7 Å². The van der Waals surface area contributed by atoms with Gasteiger partial charge in [-0.1, -0.05) is 236 Å². The van der Waals surface area contributed by atoms with Crippen LogP contribution in [0.2, 0.25) is 0 Å². The van der Waals surface area contributed by atoms with Crippen LogP contribution in [0.3, 0.4) is 0 Å². The van der Waals surface area contributed by atoms with E-state index in [4.69, 9.17) is 0 Å². The van der Waals surface area contributed by atoms with Crippen molar-refractivity contribution in [1.82, 2.24) is 0 Å². The van der Waals surface area contributed by atoms with Gasteiger partial charge in [0.25, 0.3) is 0 Å². The van der Waals surface area contributed by atoms with Gasteiger partial charge in [-0.25, -0.2) is 8.78 Å². The summed E-state index contributed by atoms with van der Waals surface area (Å²) in [6.45, 7) is 41.7. The Balaban J connectivity index is 0.000000468. The van der Waals surface area contributed by atoms with E-state index in [1.807, 2.05) is 26.0 Å². The fourth-order valence-electron chi connectivity index (χ4n) is 7.51. The molecular weight excluding hydrogens is 1040 g/mol. The first-order valence-electron chi connectivity index (χ1n) is 28.3. The Morgan fingerprint density at radius 1 is 0.313 bits per heavy atom. The lowest BCUT2D eigenvalue weighted by atomic mass is 9.86. The Morgan fingerprint density at radius 2 is 0.675 bits per heavy atom. The zero-order valence-electron chi connectivity index (χ0n) is 53.6.